The first kappa shape index (κ1) is 22.3. The average Bonchev–Trinajstić information content (AvgIpc) is 3.38. The summed E-state index contributed by atoms with van der Waals surface area (Å²) in [6.07, 6.45) is 1.20. The van der Waals surface area contributed by atoms with Crippen molar-refractivity contribution in [3.63, 3.8) is 0 Å². The molecule has 3 aromatic rings. The standard InChI is InChI=1S/C23H22ClN3O4S2/c1-2-27-18-9-8-17(15-6-3-7-16(21(15)18)23(27)29)25-22(28)14-5-4-12-26(13-14)33(30,31)20-11-10-19(24)32-20/h3,6-11,14H,2,4-5,12-13H2,1H3,(H,25,28). The number of rotatable bonds is 5. The van der Waals surface area contributed by atoms with Gasteiger partial charge in [0.15, 0.2) is 0 Å². The number of thiophene rings is 1. The summed E-state index contributed by atoms with van der Waals surface area (Å²) in [6.45, 7) is 2.99. The van der Waals surface area contributed by atoms with Crippen molar-refractivity contribution >= 4 is 66.9 Å². The molecule has 1 fully saturated rings. The minimum absolute atomic E-state index is 0.0385. The van der Waals surface area contributed by atoms with Gasteiger partial charge in [-0.3, -0.25) is 9.59 Å². The third-order valence-corrected chi connectivity index (χ3v) is 9.82. The number of amides is 2. The molecule has 2 amide bonds. The Morgan fingerprint density at radius 1 is 1.21 bits per heavy atom. The summed E-state index contributed by atoms with van der Waals surface area (Å²) in [6, 6.07) is 12.2. The number of hydrogen-bond donors (Lipinski definition) is 1. The lowest BCUT2D eigenvalue weighted by molar-refractivity contribution is -0.120. The van der Waals surface area contributed by atoms with Gasteiger partial charge in [0.1, 0.15) is 4.21 Å². The maximum atomic E-state index is 13.2. The Hall–Kier alpha value is -2.46. The van der Waals surface area contributed by atoms with Crippen LogP contribution in [0.15, 0.2) is 46.7 Å². The zero-order valence-electron chi connectivity index (χ0n) is 17.9. The van der Waals surface area contributed by atoms with Crippen LogP contribution in [0.1, 0.15) is 30.1 Å². The van der Waals surface area contributed by atoms with E-state index in [-0.39, 0.29) is 22.6 Å². The van der Waals surface area contributed by atoms with Gasteiger partial charge in [-0.2, -0.15) is 4.31 Å². The topological polar surface area (TPSA) is 86.8 Å². The van der Waals surface area contributed by atoms with Gasteiger partial charge >= 0.3 is 0 Å². The van der Waals surface area contributed by atoms with Crippen molar-refractivity contribution in [3.05, 3.63) is 52.4 Å². The Morgan fingerprint density at radius 3 is 2.76 bits per heavy atom. The highest BCUT2D eigenvalue weighted by atomic mass is 35.5. The van der Waals surface area contributed by atoms with Crippen LogP contribution in [0.4, 0.5) is 11.4 Å². The highest BCUT2D eigenvalue weighted by molar-refractivity contribution is 7.91. The van der Waals surface area contributed by atoms with E-state index in [0.717, 1.165) is 27.8 Å². The molecular weight excluding hydrogens is 482 g/mol. The Morgan fingerprint density at radius 2 is 2.03 bits per heavy atom. The van der Waals surface area contributed by atoms with Gasteiger partial charge in [-0.05, 0) is 50.1 Å². The fourth-order valence-corrected chi connectivity index (χ4v) is 7.80. The molecule has 1 saturated heterocycles. The molecule has 0 spiro atoms. The second-order valence-electron chi connectivity index (χ2n) is 8.16. The summed E-state index contributed by atoms with van der Waals surface area (Å²) in [5.74, 6) is -0.736. The highest BCUT2D eigenvalue weighted by Gasteiger charge is 2.35. The average molecular weight is 504 g/mol. The Kier molecular flexibility index (Phi) is 5.68. The summed E-state index contributed by atoms with van der Waals surface area (Å²) in [5, 5.41) is 4.63. The molecule has 7 nitrogen and oxygen atoms in total. The van der Waals surface area contributed by atoms with Crippen LogP contribution in [-0.2, 0) is 14.8 Å². The van der Waals surface area contributed by atoms with Crippen LogP contribution in [0.3, 0.4) is 0 Å². The van der Waals surface area contributed by atoms with Gasteiger partial charge in [0.05, 0.1) is 15.9 Å². The number of anilines is 2. The molecule has 0 aliphatic carbocycles. The van der Waals surface area contributed by atoms with Gasteiger partial charge in [0, 0.05) is 41.7 Å². The maximum absolute atomic E-state index is 13.2. The molecule has 1 unspecified atom stereocenters. The molecule has 3 heterocycles. The van der Waals surface area contributed by atoms with Gasteiger partial charge in [0.2, 0.25) is 5.91 Å². The van der Waals surface area contributed by atoms with E-state index in [4.69, 9.17) is 11.6 Å². The van der Waals surface area contributed by atoms with Crippen molar-refractivity contribution in [2.45, 2.75) is 24.0 Å². The molecule has 1 atom stereocenters. The summed E-state index contributed by atoms with van der Waals surface area (Å²) in [5.41, 5.74) is 2.09. The van der Waals surface area contributed by atoms with E-state index in [1.54, 1.807) is 17.0 Å². The molecule has 1 N–H and O–H groups in total. The molecule has 2 aromatic carbocycles. The highest BCUT2D eigenvalue weighted by Crippen LogP contribution is 2.40. The van der Waals surface area contributed by atoms with Crippen molar-refractivity contribution in [1.82, 2.24) is 4.31 Å². The third kappa shape index (κ3) is 3.73. The summed E-state index contributed by atoms with van der Waals surface area (Å²) >= 11 is 6.94. The first-order chi connectivity index (χ1) is 15.8. The molecule has 5 rings (SSSR count). The smallest absolute Gasteiger partial charge is 0.258 e. The second-order valence-corrected chi connectivity index (χ2v) is 12.0. The van der Waals surface area contributed by atoms with Crippen LogP contribution in [0.5, 0.6) is 0 Å². The van der Waals surface area contributed by atoms with Gasteiger partial charge in [-0.1, -0.05) is 23.7 Å². The molecule has 172 valence electrons. The van der Waals surface area contributed by atoms with Crippen molar-refractivity contribution in [1.29, 1.82) is 0 Å². The molecule has 2 aliphatic heterocycles. The molecule has 1 aromatic heterocycles. The summed E-state index contributed by atoms with van der Waals surface area (Å²) in [7, 11) is -3.69. The fraction of sp³-hybridized carbons (Fsp3) is 0.304. The summed E-state index contributed by atoms with van der Waals surface area (Å²) in [4.78, 5) is 27.6. The van der Waals surface area contributed by atoms with E-state index in [1.165, 1.54) is 10.4 Å². The third-order valence-electron chi connectivity index (χ3n) is 6.26. The second kappa shape index (κ2) is 8.39. The maximum Gasteiger partial charge on any atom is 0.258 e. The zero-order valence-corrected chi connectivity index (χ0v) is 20.3. The van der Waals surface area contributed by atoms with Gasteiger partial charge in [-0.25, -0.2) is 8.42 Å². The first-order valence-corrected chi connectivity index (χ1v) is 13.4. The number of hydrogen-bond acceptors (Lipinski definition) is 5. The van der Waals surface area contributed by atoms with Crippen molar-refractivity contribution in [2.75, 3.05) is 29.9 Å². The van der Waals surface area contributed by atoms with E-state index in [0.29, 0.717) is 41.5 Å². The number of sulfonamides is 1. The molecule has 0 radical (unpaired) electrons. The van der Waals surface area contributed by atoms with E-state index >= 15 is 0 Å². The molecule has 0 saturated carbocycles. The van der Waals surface area contributed by atoms with Crippen LogP contribution in [0.25, 0.3) is 10.8 Å². The predicted octanol–water partition coefficient (Wildman–Crippen LogP) is 4.57. The van der Waals surface area contributed by atoms with E-state index in [9.17, 15) is 18.0 Å². The quantitative estimate of drug-likeness (QED) is 0.552. The van der Waals surface area contributed by atoms with Crippen LogP contribution < -0.4 is 10.2 Å². The normalized spacial score (nSPS) is 18.8. The van der Waals surface area contributed by atoms with Crippen molar-refractivity contribution < 1.29 is 18.0 Å². The monoisotopic (exact) mass is 503 g/mol. The zero-order chi connectivity index (χ0) is 23.3. The molecule has 2 aliphatic rings. The minimum Gasteiger partial charge on any atom is -0.325 e. The number of carbonyl (C=O) groups excluding carboxylic acids is 2. The largest absolute Gasteiger partial charge is 0.325 e. The minimum atomic E-state index is -3.69. The van der Waals surface area contributed by atoms with Crippen LogP contribution in [0, 0.1) is 5.92 Å². The SMILES string of the molecule is CCN1C(=O)c2cccc3c(NC(=O)C4CCCN(S(=O)(=O)c5ccc(Cl)s5)C4)ccc1c23. The number of piperidine rings is 1. The number of nitrogens with one attached hydrogen (secondary N) is 1. The van der Waals surface area contributed by atoms with Gasteiger partial charge in [-0.15, -0.1) is 11.3 Å². The molecule has 0 bridgehead atoms. The summed E-state index contributed by atoms with van der Waals surface area (Å²) < 4.78 is 27.9. The van der Waals surface area contributed by atoms with Crippen LogP contribution >= 0.6 is 22.9 Å². The van der Waals surface area contributed by atoms with Crippen LogP contribution in [0.2, 0.25) is 4.34 Å². The van der Waals surface area contributed by atoms with Gasteiger partial charge in [0.25, 0.3) is 15.9 Å². The number of nitrogens with zero attached hydrogens (tertiary/aromatic N) is 2. The van der Waals surface area contributed by atoms with Crippen molar-refractivity contribution in [2.24, 2.45) is 5.92 Å². The van der Waals surface area contributed by atoms with Crippen LogP contribution in [-0.4, -0.2) is 44.2 Å². The number of carbonyl (C=O) groups is 2. The fourth-order valence-electron chi connectivity index (χ4n) is 4.64. The lowest BCUT2D eigenvalue weighted by atomic mass is 9.98. The Balaban J connectivity index is 1.39. The lowest BCUT2D eigenvalue weighted by Crippen LogP contribution is -2.43. The Labute approximate surface area is 201 Å². The van der Waals surface area contributed by atoms with E-state index in [1.807, 2.05) is 31.2 Å². The number of halogens is 1. The van der Waals surface area contributed by atoms with E-state index in [2.05, 4.69) is 5.32 Å². The Bertz CT molecular complexity index is 1390. The molecular formula is C23H22ClN3O4S2. The first-order valence-electron chi connectivity index (χ1n) is 10.7. The molecule has 33 heavy (non-hydrogen) atoms. The molecule has 10 heteroatoms. The van der Waals surface area contributed by atoms with E-state index < -0.39 is 15.9 Å². The van der Waals surface area contributed by atoms with Gasteiger partial charge < -0.3 is 10.2 Å². The number of benzene rings is 2. The lowest BCUT2D eigenvalue weighted by Gasteiger charge is -2.30. The predicted molar refractivity (Wildman–Crippen MR) is 131 cm³/mol. The van der Waals surface area contributed by atoms with Crippen molar-refractivity contribution in [3.8, 4) is 0 Å².